The molecule has 0 atom stereocenters. The molecule has 0 bridgehead atoms. The first-order valence-corrected chi connectivity index (χ1v) is 5.73. The van der Waals surface area contributed by atoms with Crippen LogP contribution in [-0.4, -0.2) is 29.8 Å². The predicted molar refractivity (Wildman–Crippen MR) is 73.3 cm³/mol. The zero-order chi connectivity index (χ0) is 13.9. The Labute approximate surface area is 107 Å². The number of benzene rings is 1. The average molecular weight is 249 g/mol. The topological polar surface area (TPSA) is 58.7 Å². The predicted octanol–water partition coefficient (Wildman–Crippen LogP) is 3.23. The number of aliphatic imine (C=N–C) groups is 1. The van der Waals surface area contributed by atoms with Gasteiger partial charge in [-0.3, -0.25) is 10.1 Å². The van der Waals surface area contributed by atoms with E-state index in [1.807, 2.05) is 19.0 Å². The van der Waals surface area contributed by atoms with Crippen molar-refractivity contribution in [2.24, 2.45) is 10.4 Å². The largest absolute Gasteiger partial charge is 0.366 e. The Bertz CT molecular complexity index is 473. The van der Waals surface area contributed by atoms with Crippen molar-refractivity contribution in [2.75, 3.05) is 14.1 Å². The molecule has 0 radical (unpaired) electrons. The van der Waals surface area contributed by atoms with Crippen molar-refractivity contribution in [1.82, 2.24) is 4.90 Å². The van der Waals surface area contributed by atoms with E-state index in [0.29, 0.717) is 5.69 Å². The number of hydrogen-bond acceptors (Lipinski definition) is 3. The molecule has 98 valence electrons. The third kappa shape index (κ3) is 3.55. The first kappa shape index (κ1) is 14.2. The number of hydrogen-bond donors (Lipinski definition) is 0. The van der Waals surface area contributed by atoms with E-state index < -0.39 is 4.92 Å². The van der Waals surface area contributed by atoms with Crippen molar-refractivity contribution in [3.8, 4) is 0 Å². The number of rotatable bonds is 2. The Morgan fingerprint density at radius 1 is 1.33 bits per heavy atom. The van der Waals surface area contributed by atoms with E-state index in [1.54, 1.807) is 12.1 Å². The SMILES string of the molecule is CN(C)C(=Nc1cccc([N+](=O)[O-])c1)C(C)(C)C. The van der Waals surface area contributed by atoms with Crippen LogP contribution >= 0.6 is 0 Å². The van der Waals surface area contributed by atoms with Gasteiger partial charge in [0, 0.05) is 31.6 Å². The second-order valence-corrected chi connectivity index (χ2v) is 5.36. The summed E-state index contributed by atoms with van der Waals surface area (Å²) in [6, 6.07) is 6.36. The fourth-order valence-corrected chi connectivity index (χ4v) is 1.74. The van der Waals surface area contributed by atoms with Crippen molar-refractivity contribution < 1.29 is 4.92 Å². The summed E-state index contributed by atoms with van der Waals surface area (Å²) in [4.78, 5) is 16.7. The lowest BCUT2D eigenvalue weighted by Crippen LogP contribution is -2.33. The number of nitrogens with zero attached hydrogens (tertiary/aromatic N) is 3. The van der Waals surface area contributed by atoms with E-state index in [1.165, 1.54) is 12.1 Å². The summed E-state index contributed by atoms with van der Waals surface area (Å²) in [6.07, 6.45) is 0. The quantitative estimate of drug-likeness (QED) is 0.350. The maximum Gasteiger partial charge on any atom is 0.271 e. The summed E-state index contributed by atoms with van der Waals surface area (Å²) in [5.41, 5.74) is 0.541. The third-order valence-electron chi connectivity index (χ3n) is 2.37. The summed E-state index contributed by atoms with van der Waals surface area (Å²) < 4.78 is 0. The van der Waals surface area contributed by atoms with Gasteiger partial charge in [-0.1, -0.05) is 26.8 Å². The molecule has 0 amide bonds. The maximum absolute atomic E-state index is 10.7. The number of non-ortho nitro benzene ring substituents is 1. The molecule has 0 fully saturated rings. The molecule has 1 aromatic carbocycles. The molecule has 0 aliphatic heterocycles. The van der Waals surface area contributed by atoms with E-state index >= 15 is 0 Å². The van der Waals surface area contributed by atoms with Gasteiger partial charge in [-0.25, -0.2) is 4.99 Å². The highest BCUT2D eigenvalue weighted by molar-refractivity contribution is 5.89. The van der Waals surface area contributed by atoms with Crippen LogP contribution in [0, 0.1) is 15.5 Å². The van der Waals surface area contributed by atoms with E-state index in [9.17, 15) is 10.1 Å². The summed E-state index contributed by atoms with van der Waals surface area (Å²) in [5, 5.41) is 10.7. The van der Waals surface area contributed by atoms with Crippen LogP contribution in [0.4, 0.5) is 11.4 Å². The van der Waals surface area contributed by atoms with Gasteiger partial charge in [-0.15, -0.1) is 0 Å². The Balaban J connectivity index is 3.21. The highest BCUT2D eigenvalue weighted by atomic mass is 16.6. The summed E-state index contributed by atoms with van der Waals surface area (Å²) in [6.45, 7) is 6.18. The minimum atomic E-state index is -0.411. The van der Waals surface area contributed by atoms with Gasteiger partial charge < -0.3 is 4.90 Å². The normalized spacial score (nSPS) is 12.4. The molecule has 0 saturated carbocycles. The van der Waals surface area contributed by atoms with Crippen molar-refractivity contribution in [3.05, 3.63) is 34.4 Å². The third-order valence-corrected chi connectivity index (χ3v) is 2.37. The molecule has 1 rings (SSSR count). The standard InChI is InChI=1S/C13H19N3O2/c1-13(2,3)12(15(4)5)14-10-7-6-8-11(9-10)16(17)18/h6-9H,1-5H3. The molecule has 0 unspecified atom stereocenters. The van der Waals surface area contributed by atoms with Crippen LogP contribution in [0.2, 0.25) is 0 Å². The van der Waals surface area contributed by atoms with Gasteiger partial charge in [0.25, 0.3) is 5.69 Å². The zero-order valence-electron chi connectivity index (χ0n) is 11.5. The first-order valence-electron chi connectivity index (χ1n) is 5.73. The molecule has 0 aliphatic rings. The van der Waals surface area contributed by atoms with Gasteiger partial charge in [0.1, 0.15) is 5.84 Å². The molecule has 1 aromatic rings. The highest BCUT2D eigenvalue weighted by Gasteiger charge is 2.21. The van der Waals surface area contributed by atoms with Crippen molar-refractivity contribution in [3.63, 3.8) is 0 Å². The minimum Gasteiger partial charge on any atom is -0.366 e. The van der Waals surface area contributed by atoms with Crippen LogP contribution in [0.1, 0.15) is 20.8 Å². The van der Waals surface area contributed by atoms with Crippen LogP contribution in [0.15, 0.2) is 29.3 Å². The Morgan fingerprint density at radius 2 is 1.94 bits per heavy atom. The maximum atomic E-state index is 10.7. The molecule has 5 heteroatoms. The van der Waals surface area contributed by atoms with Crippen molar-refractivity contribution in [2.45, 2.75) is 20.8 Å². The molecular formula is C13H19N3O2. The fourth-order valence-electron chi connectivity index (χ4n) is 1.74. The molecule has 0 saturated heterocycles. The van der Waals surface area contributed by atoms with E-state index in [4.69, 9.17) is 0 Å². The summed E-state index contributed by atoms with van der Waals surface area (Å²) in [7, 11) is 3.84. The molecule has 0 aliphatic carbocycles. The number of nitro groups is 1. The van der Waals surface area contributed by atoms with E-state index in [-0.39, 0.29) is 11.1 Å². The van der Waals surface area contributed by atoms with E-state index in [2.05, 4.69) is 25.8 Å². The Morgan fingerprint density at radius 3 is 2.39 bits per heavy atom. The lowest BCUT2D eigenvalue weighted by Gasteiger charge is -2.27. The van der Waals surface area contributed by atoms with Gasteiger partial charge in [0.05, 0.1) is 10.6 Å². The Kier molecular flexibility index (Phi) is 4.06. The van der Waals surface area contributed by atoms with Crippen LogP contribution in [-0.2, 0) is 0 Å². The first-order chi connectivity index (χ1) is 8.21. The lowest BCUT2D eigenvalue weighted by atomic mass is 9.94. The number of nitro benzene ring substituents is 1. The molecule has 0 N–H and O–H groups in total. The van der Waals surface area contributed by atoms with E-state index in [0.717, 1.165) is 5.84 Å². The monoisotopic (exact) mass is 249 g/mol. The lowest BCUT2D eigenvalue weighted by molar-refractivity contribution is -0.384. The molecule has 0 spiro atoms. The van der Waals surface area contributed by atoms with Crippen LogP contribution in [0.5, 0.6) is 0 Å². The van der Waals surface area contributed by atoms with Gasteiger partial charge in [0.2, 0.25) is 0 Å². The van der Waals surface area contributed by atoms with Gasteiger partial charge >= 0.3 is 0 Å². The Hall–Kier alpha value is -1.91. The molecule has 0 aromatic heterocycles. The van der Waals surface area contributed by atoms with Crippen molar-refractivity contribution >= 4 is 17.2 Å². The van der Waals surface area contributed by atoms with Gasteiger partial charge in [-0.2, -0.15) is 0 Å². The molecule has 18 heavy (non-hydrogen) atoms. The second-order valence-electron chi connectivity index (χ2n) is 5.36. The van der Waals surface area contributed by atoms with Gasteiger partial charge in [0.15, 0.2) is 0 Å². The highest BCUT2D eigenvalue weighted by Crippen LogP contribution is 2.24. The van der Waals surface area contributed by atoms with Crippen LogP contribution in [0.3, 0.4) is 0 Å². The zero-order valence-corrected chi connectivity index (χ0v) is 11.5. The minimum absolute atomic E-state index is 0.0586. The molecule has 0 heterocycles. The number of amidine groups is 1. The summed E-state index contributed by atoms with van der Waals surface area (Å²) in [5.74, 6) is 0.878. The summed E-state index contributed by atoms with van der Waals surface area (Å²) >= 11 is 0. The second kappa shape index (κ2) is 5.16. The fraction of sp³-hybridized carbons (Fsp3) is 0.462. The molecule has 5 nitrogen and oxygen atoms in total. The van der Waals surface area contributed by atoms with Crippen molar-refractivity contribution in [1.29, 1.82) is 0 Å². The van der Waals surface area contributed by atoms with Crippen LogP contribution in [0.25, 0.3) is 0 Å². The van der Waals surface area contributed by atoms with Gasteiger partial charge in [-0.05, 0) is 6.07 Å². The smallest absolute Gasteiger partial charge is 0.271 e. The average Bonchev–Trinajstić information content (AvgIpc) is 2.24. The molecular weight excluding hydrogens is 230 g/mol. The van der Waals surface area contributed by atoms with Crippen LogP contribution < -0.4 is 0 Å².